The first-order valence-corrected chi connectivity index (χ1v) is 11.2. The molecule has 1 N–H and O–H groups in total. The molecule has 1 fully saturated rings. The number of aliphatic hydroxyl groups excluding tert-OH is 1. The van der Waals surface area contributed by atoms with E-state index in [4.69, 9.17) is 14.2 Å². The number of rotatable bonds is 7. The molecule has 0 radical (unpaired) electrons. The molecule has 0 saturated carbocycles. The third-order valence-corrected chi connectivity index (χ3v) is 5.70. The van der Waals surface area contributed by atoms with E-state index in [0.717, 1.165) is 0 Å². The summed E-state index contributed by atoms with van der Waals surface area (Å²) in [5.41, 5.74) is 1.53. The van der Waals surface area contributed by atoms with Crippen LogP contribution in [0.5, 0.6) is 17.2 Å². The fourth-order valence-electron chi connectivity index (χ4n) is 4.09. The lowest BCUT2D eigenvalue weighted by molar-refractivity contribution is -0.132. The van der Waals surface area contributed by atoms with Crippen LogP contribution in [-0.4, -0.2) is 37.1 Å². The van der Waals surface area contributed by atoms with Crippen LogP contribution in [0.2, 0.25) is 0 Å². The van der Waals surface area contributed by atoms with Gasteiger partial charge in [0.25, 0.3) is 11.7 Å². The molecule has 3 aromatic rings. The zero-order chi connectivity index (χ0) is 25.1. The van der Waals surface area contributed by atoms with Gasteiger partial charge in [0.15, 0.2) is 0 Å². The minimum atomic E-state index is -0.857. The molecule has 0 bridgehead atoms. The second-order valence-electron chi connectivity index (χ2n) is 8.33. The van der Waals surface area contributed by atoms with E-state index in [-0.39, 0.29) is 17.4 Å². The molecule has 1 atom stereocenters. The summed E-state index contributed by atoms with van der Waals surface area (Å²) in [6, 6.07) is 19.8. The monoisotopic (exact) mass is 473 g/mol. The molecule has 1 saturated heterocycles. The highest BCUT2D eigenvalue weighted by Crippen LogP contribution is 2.43. The maximum absolute atomic E-state index is 13.3. The van der Waals surface area contributed by atoms with Crippen molar-refractivity contribution in [3.05, 3.63) is 89.5 Å². The van der Waals surface area contributed by atoms with Gasteiger partial charge in [0, 0.05) is 11.3 Å². The van der Waals surface area contributed by atoms with E-state index in [1.165, 1.54) is 4.90 Å². The van der Waals surface area contributed by atoms with Crippen LogP contribution in [0.3, 0.4) is 0 Å². The maximum atomic E-state index is 13.3. The standard InChI is InChI=1S/C28H27NO6/c1-17(2)35-22-14-10-20(11-15-22)29-25(19-6-5-7-23(16-19)34-4)24(27(31)28(29)32)26(30)18-8-12-21(33-3)13-9-18/h5-17,25,30H,1-4H3/b26-24-. The molecule has 0 spiro atoms. The Bertz CT molecular complexity index is 1260. The molecule has 4 rings (SSSR count). The summed E-state index contributed by atoms with van der Waals surface area (Å²) in [6.45, 7) is 3.85. The van der Waals surface area contributed by atoms with Crippen LogP contribution < -0.4 is 19.1 Å². The van der Waals surface area contributed by atoms with Crippen molar-refractivity contribution in [3.63, 3.8) is 0 Å². The van der Waals surface area contributed by atoms with E-state index in [2.05, 4.69) is 0 Å². The number of benzene rings is 3. The van der Waals surface area contributed by atoms with Gasteiger partial charge in [0.2, 0.25) is 0 Å². The fourth-order valence-corrected chi connectivity index (χ4v) is 4.09. The van der Waals surface area contributed by atoms with Crippen LogP contribution in [0, 0.1) is 0 Å². The number of hydrogen-bond acceptors (Lipinski definition) is 6. The summed E-state index contributed by atoms with van der Waals surface area (Å²) in [5, 5.41) is 11.2. The van der Waals surface area contributed by atoms with Crippen molar-refractivity contribution in [2.75, 3.05) is 19.1 Å². The second-order valence-corrected chi connectivity index (χ2v) is 8.33. The number of aliphatic hydroxyl groups is 1. The Hall–Kier alpha value is -4.26. The first-order chi connectivity index (χ1) is 16.8. The van der Waals surface area contributed by atoms with Gasteiger partial charge in [-0.05, 0) is 80.1 Å². The largest absolute Gasteiger partial charge is 0.507 e. The van der Waals surface area contributed by atoms with Crippen LogP contribution in [0.4, 0.5) is 5.69 Å². The van der Waals surface area contributed by atoms with Crippen molar-refractivity contribution in [1.82, 2.24) is 0 Å². The number of anilines is 1. The number of ether oxygens (including phenoxy) is 3. The van der Waals surface area contributed by atoms with E-state index >= 15 is 0 Å². The quantitative estimate of drug-likeness (QED) is 0.291. The van der Waals surface area contributed by atoms with E-state index in [0.29, 0.717) is 34.1 Å². The third-order valence-electron chi connectivity index (χ3n) is 5.70. The molecule has 1 amide bonds. The summed E-state index contributed by atoms with van der Waals surface area (Å²) in [6.07, 6.45) is -0.00337. The molecular formula is C28H27NO6. The van der Waals surface area contributed by atoms with Crippen molar-refractivity contribution >= 4 is 23.1 Å². The van der Waals surface area contributed by atoms with E-state index < -0.39 is 17.7 Å². The molecule has 1 aliphatic rings. The number of Topliss-reactive ketones (excluding diaryl/α,β-unsaturated/α-hetero) is 1. The van der Waals surface area contributed by atoms with Crippen molar-refractivity contribution in [2.45, 2.75) is 26.0 Å². The van der Waals surface area contributed by atoms with Gasteiger partial charge in [0.1, 0.15) is 23.0 Å². The highest BCUT2D eigenvalue weighted by atomic mass is 16.5. The van der Waals surface area contributed by atoms with Gasteiger partial charge in [0.05, 0.1) is 31.9 Å². The summed E-state index contributed by atoms with van der Waals surface area (Å²) in [4.78, 5) is 28.0. The molecule has 0 aromatic heterocycles. The van der Waals surface area contributed by atoms with Crippen molar-refractivity contribution in [2.24, 2.45) is 0 Å². The average Bonchev–Trinajstić information content (AvgIpc) is 3.14. The molecule has 35 heavy (non-hydrogen) atoms. The lowest BCUT2D eigenvalue weighted by Gasteiger charge is -2.26. The van der Waals surface area contributed by atoms with Gasteiger partial charge >= 0.3 is 0 Å². The zero-order valence-electron chi connectivity index (χ0n) is 20.0. The number of nitrogens with zero attached hydrogens (tertiary/aromatic N) is 1. The number of carbonyl (C=O) groups is 2. The smallest absolute Gasteiger partial charge is 0.300 e. The normalized spacial score (nSPS) is 17.1. The Morgan fingerprint density at radius 3 is 2.09 bits per heavy atom. The Morgan fingerprint density at radius 2 is 1.49 bits per heavy atom. The van der Waals surface area contributed by atoms with Crippen LogP contribution >= 0.6 is 0 Å². The molecule has 1 heterocycles. The minimum Gasteiger partial charge on any atom is -0.507 e. The summed E-state index contributed by atoms with van der Waals surface area (Å²) >= 11 is 0. The molecule has 0 aliphatic carbocycles. The summed E-state index contributed by atoms with van der Waals surface area (Å²) in [5.74, 6) is 0.0601. The van der Waals surface area contributed by atoms with Crippen molar-refractivity contribution in [1.29, 1.82) is 0 Å². The number of amides is 1. The average molecular weight is 474 g/mol. The first-order valence-electron chi connectivity index (χ1n) is 11.2. The summed E-state index contributed by atoms with van der Waals surface area (Å²) < 4.78 is 16.3. The van der Waals surface area contributed by atoms with E-state index in [1.54, 1.807) is 87.0 Å². The lowest BCUT2D eigenvalue weighted by Crippen LogP contribution is -2.29. The molecule has 180 valence electrons. The maximum Gasteiger partial charge on any atom is 0.300 e. The lowest BCUT2D eigenvalue weighted by atomic mass is 9.95. The van der Waals surface area contributed by atoms with E-state index in [1.807, 2.05) is 13.8 Å². The van der Waals surface area contributed by atoms with Crippen LogP contribution in [-0.2, 0) is 9.59 Å². The Kier molecular flexibility index (Phi) is 6.78. The molecular weight excluding hydrogens is 446 g/mol. The first kappa shape index (κ1) is 23.9. The highest BCUT2D eigenvalue weighted by Gasteiger charge is 2.47. The number of hydrogen-bond donors (Lipinski definition) is 1. The van der Waals surface area contributed by atoms with Crippen molar-refractivity contribution in [3.8, 4) is 17.2 Å². The van der Waals surface area contributed by atoms with Crippen LogP contribution in [0.15, 0.2) is 78.4 Å². The number of ketones is 1. The molecule has 7 nitrogen and oxygen atoms in total. The van der Waals surface area contributed by atoms with Gasteiger partial charge in [-0.25, -0.2) is 0 Å². The SMILES string of the molecule is COc1ccc(/C(O)=C2/C(=O)C(=O)N(c3ccc(OC(C)C)cc3)C2c2cccc(OC)c2)cc1. The predicted octanol–water partition coefficient (Wildman–Crippen LogP) is 5.12. The Morgan fingerprint density at radius 1 is 0.857 bits per heavy atom. The number of carbonyl (C=O) groups excluding carboxylic acids is 2. The fraction of sp³-hybridized carbons (Fsp3) is 0.214. The highest BCUT2D eigenvalue weighted by molar-refractivity contribution is 6.51. The van der Waals surface area contributed by atoms with Crippen LogP contribution in [0.25, 0.3) is 5.76 Å². The van der Waals surface area contributed by atoms with Crippen LogP contribution in [0.1, 0.15) is 31.0 Å². The number of methoxy groups -OCH3 is 2. The van der Waals surface area contributed by atoms with Crippen molar-refractivity contribution < 1.29 is 28.9 Å². The molecule has 1 aliphatic heterocycles. The van der Waals surface area contributed by atoms with Gasteiger partial charge in [-0.1, -0.05) is 12.1 Å². The zero-order valence-corrected chi connectivity index (χ0v) is 20.0. The van der Waals surface area contributed by atoms with Gasteiger partial charge in [-0.15, -0.1) is 0 Å². The topological polar surface area (TPSA) is 85.3 Å². The van der Waals surface area contributed by atoms with Gasteiger partial charge in [-0.2, -0.15) is 0 Å². The Labute approximate surface area is 204 Å². The third kappa shape index (κ3) is 4.71. The molecule has 7 heteroatoms. The minimum absolute atomic E-state index is 0.00337. The molecule has 1 unspecified atom stereocenters. The van der Waals surface area contributed by atoms with E-state index in [9.17, 15) is 14.7 Å². The Balaban J connectivity index is 1.87. The van der Waals surface area contributed by atoms with Gasteiger partial charge < -0.3 is 19.3 Å². The second kappa shape index (κ2) is 9.93. The summed E-state index contributed by atoms with van der Waals surface area (Å²) in [7, 11) is 3.08. The predicted molar refractivity (Wildman–Crippen MR) is 133 cm³/mol. The molecule has 3 aromatic carbocycles. The van der Waals surface area contributed by atoms with Gasteiger partial charge in [-0.3, -0.25) is 14.5 Å².